The molecular formula is C17H22N4O2S. The number of carbonyl (C=O) groups is 1. The first-order chi connectivity index (χ1) is 11.7. The van der Waals surface area contributed by atoms with E-state index in [2.05, 4.69) is 20.9 Å². The molecule has 0 aromatic carbocycles. The number of hydrogen-bond donors (Lipinski definition) is 0. The number of carbonyl (C=O) groups excluding carboxylic acids is 1. The van der Waals surface area contributed by atoms with Gasteiger partial charge in [-0.1, -0.05) is 11.3 Å². The minimum Gasteiger partial charge on any atom is -0.467 e. The van der Waals surface area contributed by atoms with E-state index in [4.69, 9.17) is 9.72 Å². The van der Waals surface area contributed by atoms with Crippen LogP contribution in [0.1, 0.15) is 43.8 Å². The zero-order valence-electron chi connectivity index (χ0n) is 14.1. The van der Waals surface area contributed by atoms with E-state index in [1.807, 2.05) is 13.1 Å². The molecule has 0 spiro atoms. The van der Waals surface area contributed by atoms with Gasteiger partial charge in [0.15, 0.2) is 5.13 Å². The van der Waals surface area contributed by atoms with E-state index < -0.39 is 0 Å². The van der Waals surface area contributed by atoms with Gasteiger partial charge in [-0.15, -0.1) is 0 Å². The van der Waals surface area contributed by atoms with Crippen molar-refractivity contribution < 1.29 is 9.53 Å². The molecule has 2 aliphatic rings. The number of ether oxygens (including phenoxy) is 1. The van der Waals surface area contributed by atoms with Crippen molar-refractivity contribution in [1.29, 1.82) is 0 Å². The summed E-state index contributed by atoms with van der Waals surface area (Å²) in [5.74, 6) is -0.167. The molecule has 7 heteroatoms. The van der Waals surface area contributed by atoms with Crippen molar-refractivity contribution in [2.45, 2.75) is 51.1 Å². The van der Waals surface area contributed by atoms with E-state index in [-0.39, 0.29) is 12.0 Å². The minimum atomic E-state index is -0.203. The summed E-state index contributed by atoms with van der Waals surface area (Å²) in [5, 5.41) is 5.44. The average Bonchev–Trinajstić information content (AvgIpc) is 3.23. The molecule has 2 aromatic rings. The van der Waals surface area contributed by atoms with Gasteiger partial charge in [0.05, 0.1) is 29.9 Å². The van der Waals surface area contributed by atoms with E-state index in [1.54, 1.807) is 11.3 Å². The predicted octanol–water partition coefficient (Wildman–Crippen LogP) is 3.18. The first-order valence-corrected chi connectivity index (χ1v) is 9.35. The number of esters is 1. The van der Waals surface area contributed by atoms with Gasteiger partial charge in [-0.25, -0.2) is 9.78 Å². The van der Waals surface area contributed by atoms with Crippen LogP contribution in [0.15, 0.2) is 12.4 Å². The summed E-state index contributed by atoms with van der Waals surface area (Å²) < 4.78 is 7.03. The molecule has 1 aliphatic heterocycles. The quantitative estimate of drug-likeness (QED) is 0.796. The summed E-state index contributed by atoms with van der Waals surface area (Å²) in [4.78, 5) is 19.9. The highest BCUT2D eigenvalue weighted by molar-refractivity contribution is 7.19. The SMILES string of the molecule is COC(=O)[C@@H]1CCCN1c1nc(C)c(-c2cnn(C3CCC3)c2)s1. The third-order valence-corrected chi connectivity index (χ3v) is 6.31. The van der Waals surface area contributed by atoms with Crippen molar-refractivity contribution in [3.8, 4) is 10.4 Å². The van der Waals surface area contributed by atoms with Gasteiger partial charge in [-0.05, 0) is 39.0 Å². The molecule has 24 heavy (non-hydrogen) atoms. The number of nitrogens with zero attached hydrogens (tertiary/aromatic N) is 4. The molecule has 1 aliphatic carbocycles. The maximum absolute atomic E-state index is 12.0. The fourth-order valence-corrected chi connectivity index (χ4v) is 4.57. The minimum absolute atomic E-state index is 0.167. The summed E-state index contributed by atoms with van der Waals surface area (Å²) in [7, 11) is 1.45. The second kappa shape index (κ2) is 6.20. The molecule has 2 aromatic heterocycles. The normalized spacial score (nSPS) is 21.1. The van der Waals surface area contributed by atoms with E-state index in [9.17, 15) is 4.79 Å². The lowest BCUT2D eigenvalue weighted by Gasteiger charge is -2.25. The predicted molar refractivity (Wildman–Crippen MR) is 93.3 cm³/mol. The molecule has 1 saturated heterocycles. The van der Waals surface area contributed by atoms with Crippen LogP contribution >= 0.6 is 11.3 Å². The van der Waals surface area contributed by atoms with Crippen LogP contribution in [0.3, 0.4) is 0 Å². The lowest BCUT2D eigenvalue weighted by atomic mass is 9.93. The third kappa shape index (κ3) is 2.60. The van der Waals surface area contributed by atoms with Crippen LogP contribution in [0.25, 0.3) is 10.4 Å². The number of methoxy groups -OCH3 is 1. The monoisotopic (exact) mass is 346 g/mol. The highest BCUT2D eigenvalue weighted by Gasteiger charge is 2.34. The molecule has 0 amide bonds. The molecule has 0 unspecified atom stereocenters. The summed E-state index contributed by atoms with van der Waals surface area (Å²) in [5.41, 5.74) is 2.12. The highest BCUT2D eigenvalue weighted by atomic mass is 32.1. The van der Waals surface area contributed by atoms with Crippen LogP contribution in [0.5, 0.6) is 0 Å². The number of aryl methyl sites for hydroxylation is 1. The lowest BCUT2D eigenvalue weighted by molar-refractivity contribution is -0.141. The van der Waals surface area contributed by atoms with E-state index in [0.29, 0.717) is 6.04 Å². The number of rotatable bonds is 4. The molecular weight excluding hydrogens is 324 g/mol. The number of hydrogen-bond acceptors (Lipinski definition) is 6. The lowest BCUT2D eigenvalue weighted by Crippen LogP contribution is -2.36. The summed E-state index contributed by atoms with van der Waals surface area (Å²) in [6.45, 7) is 2.88. The molecule has 3 heterocycles. The molecule has 1 atom stereocenters. The van der Waals surface area contributed by atoms with Crippen LogP contribution < -0.4 is 4.90 Å². The van der Waals surface area contributed by atoms with Crippen molar-refractivity contribution in [2.24, 2.45) is 0 Å². The molecule has 6 nitrogen and oxygen atoms in total. The first-order valence-electron chi connectivity index (χ1n) is 8.54. The smallest absolute Gasteiger partial charge is 0.328 e. The van der Waals surface area contributed by atoms with Crippen LogP contribution in [-0.2, 0) is 9.53 Å². The van der Waals surface area contributed by atoms with Gasteiger partial charge in [0, 0.05) is 18.3 Å². The van der Waals surface area contributed by atoms with Gasteiger partial charge in [-0.2, -0.15) is 5.10 Å². The van der Waals surface area contributed by atoms with E-state index >= 15 is 0 Å². The van der Waals surface area contributed by atoms with Gasteiger partial charge in [0.2, 0.25) is 0 Å². The zero-order chi connectivity index (χ0) is 16.7. The Morgan fingerprint density at radius 2 is 2.17 bits per heavy atom. The van der Waals surface area contributed by atoms with E-state index in [1.165, 1.54) is 26.4 Å². The molecule has 1 saturated carbocycles. The van der Waals surface area contributed by atoms with Gasteiger partial charge >= 0.3 is 5.97 Å². The molecule has 2 fully saturated rings. The average molecular weight is 346 g/mol. The second-order valence-corrected chi connectivity index (χ2v) is 7.56. The van der Waals surface area contributed by atoms with Crippen molar-refractivity contribution in [3.63, 3.8) is 0 Å². The highest BCUT2D eigenvalue weighted by Crippen LogP contribution is 2.38. The Morgan fingerprint density at radius 1 is 1.33 bits per heavy atom. The fraction of sp³-hybridized carbons (Fsp3) is 0.588. The second-order valence-electron chi connectivity index (χ2n) is 6.58. The van der Waals surface area contributed by atoms with Gasteiger partial charge in [0.1, 0.15) is 6.04 Å². The van der Waals surface area contributed by atoms with Gasteiger partial charge < -0.3 is 9.64 Å². The third-order valence-electron chi connectivity index (χ3n) is 5.07. The maximum Gasteiger partial charge on any atom is 0.328 e. The Bertz CT molecular complexity index is 750. The topological polar surface area (TPSA) is 60.2 Å². The van der Waals surface area contributed by atoms with Gasteiger partial charge in [-0.3, -0.25) is 4.68 Å². The van der Waals surface area contributed by atoms with E-state index in [0.717, 1.165) is 40.7 Å². The maximum atomic E-state index is 12.0. The standard InChI is InChI=1S/C17H22N4O2S/c1-11-15(12-9-18-21(10-12)13-5-3-6-13)24-17(19-11)20-8-4-7-14(20)16(22)23-2/h9-10,13-14H,3-8H2,1-2H3/t14-/m0/s1. The first kappa shape index (κ1) is 15.6. The number of thiazole rings is 1. The summed E-state index contributed by atoms with van der Waals surface area (Å²) in [6.07, 6.45) is 9.65. The molecule has 0 N–H and O–H groups in total. The molecule has 0 radical (unpaired) electrons. The number of aromatic nitrogens is 3. The molecule has 128 valence electrons. The van der Waals surface area contributed by atoms with Crippen molar-refractivity contribution in [1.82, 2.24) is 14.8 Å². The Morgan fingerprint density at radius 3 is 2.88 bits per heavy atom. The van der Waals surface area contributed by atoms with Crippen LogP contribution in [0.4, 0.5) is 5.13 Å². The largest absolute Gasteiger partial charge is 0.467 e. The Kier molecular flexibility index (Phi) is 4.04. The molecule has 4 rings (SSSR count). The zero-order valence-corrected chi connectivity index (χ0v) is 14.9. The fourth-order valence-electron chi connectivity index (χ4n) is 3.46. The Hall–Kier alpha value is -1.89. The molecule has 0 bridgehead atoms. The Labute approximate surface area is 145 Å². The van der Waals surface area contributed by atoms with Crippen LogP contribution in [0.2, 0.25) is 0 Å². The van der Waals surface area contributed by atoms with Crippen molar-refractivity contribution in [3.05, 3.63) is 18.1 Å². The Balaban J connectivity index is 1.60. The van der Waals surface area contributed by atoms with Crippen LogP contribution in [0, 0.1) is 6.92 Å². The summed E-state index contributed by atoms with van der Waals surface area (Å²) >= 11 is 1.65. The van der Waals surface area contributed by atoms with Gasteiger partial charge in [0.25, 0.3) is 0 Å². The van der Waals surface area contributed by atoms with Crippen molar-refractivity contribution in [2.75, 3.05) is 18.6 Å². The summed E-state index contributed by atoms with van der Waals surface area (Å²) in [6, 6.07) is 0.361. The number of anilines is 1. The van der Waals surface area contributed by atoms with Crippen molar-refractivity contribution >= 4 is 22.4 Å². The van der Waals surface area contributed by atoms with Crippen LogP contribution in [-0.4, -0.2) is 40.4 Å².